The molecule has 0 aliphatic heterocycles. The van der Waals surface area contributed by atoms with Gasteiger partial charge in [-0.05, 0) is 41.1 Å². The molecule has 108 valence electrons. The van der Waals surface area contributed by atoms with E-state index in [2.05, 4.69) is 45.4 Å². The zero-order valence-electron chi connectivity index (χ0n) is 11.6. The number of hydrogen-bond acceptors (Lipinski definition) is 2. The van der Waals surface area contributed by atoms with Crippen molar-refractivity contribution in [3.8, 4) is 0 Å². The van der Waals surface area contributed by atoms with Crippen molar-refractivity contribution >= 4 is 44.1 Å². The zero-order chi connectivity index (χ0) is 14.8. The maximum atomic E-state index is 6.11. The maximum Gasteiger partial charge on any atom is 0.0894 e. The summed E-state index contributed by atoms with van der Waals surface area (Å²) in [7, 11) is 0. The first-order valence-corrected chi connectivity index (χ1v) is 8.00. The summed E-state index contributed by atoms with van der Waals surface area (Å²) in [6, 6.07) is 14.1. The second-order valence-electron chi connectivity index (χ2n) is 4.73. The third kappa shape index (κ3) is 2.78. The Bertz CT molecular complexity index is 782. The minimum atomic E-state index is 0.659. The number of nitrogens with zero attached hydrogens (tertiary/aromatic N) is 2. The number of rotatable bonds is 4. The van der Waals surface area contributed by atoms with Crippen molar-refractivity contribution in [1.82, 2.24) is 9.78 Å². The summed E-state index contributed by atoms with van der Waals surface area (Å²) in [5.74, 6) is 0. The van der Waals surface area contributed by atoms with E-state index in [0.717, 1.165) is 22.4 Å². The molecular weight excluding hydrogens is 350 g/mol. The molecule has 0 fully saturated rings. The monoisotopic (exact) mass is 363 g/mol. The van der Waals surface area contributed by atoms with Crippen molar-refractivity contribution < 1.29 is 0 Å². The van der Waals surface area contributed by atoms with Crippen LogP contribution in [0.5, 0.6) is 0 Å². The van der Waals surface area contributed by atoms with Crippen molar-refractivity contribution in [2.75, 3.05) is 5.32 Å². The fraction of sp³-hybridized carbons (Fsp3) is 0.188. The molecule has 0 spiro atoms. The fourth-order valence-corrected chi connectivity index (χ4v) is 2.97. The van der Waals surface area contributed by atoms with E-state index in [9.17, 15) is 0 Å². The smallest absolute Gasteiger partial charge is 0.0894 e. The van der Waals surface area contributed by atoms with Crippen LogP contribution < -0.4 is 5.32 Å². The first-order valence-electron chi connectivity index (χ1n) is 6.83. The van der Waals surface area contributed by atoms with Gasteiger partial charge in [-0.15, -0.1) is 0 Å². The minimum absolute atomic E-state index is 0.659. The topological polar surface area (TPSA) is 29.9 Å². The van der Waals surface area contributed by atoms with Crippen LogP contribution in [0.15, 0.2) is 46.9 Å². The Balaban J connectivity index is 1.90. The summed E-state index contributed by atoms with van der Waals surface area (Å²) >= 11 is 9.61. The van der Waals surface area contributed by atoms with E-state index in [-0.39, 0.29) is 0 Å². The molecule has 0 atom stereocenters. The number of hydrogen-bond donors (Lipinski definition) is 1. The number of nitrogens with one attached hydrogen (secondary N) is 1. The molecule has 1 N–H and O–H groups in total. The Morgan fingerprint density at radius 3 is 2.81 bits per heavy atom. The lowest BCUT2D eigenvalue weighted by molar-refractivity contribution is 0.671. The van der Waals surface area contributed by atoms with Crippen LogP contribution in [0.25, 0.3) is 10.9 Å². The largest absolute Gasteiger partial charge is 0.378 e. The van der Waals surface area contributed by atoms with E-state index in [4.69, 9.17) is 11.6 Å². The number of anilines is 1. The number of halogens is 2. The van der Waals surface area contributed by atoms with Crippen molar-refractivity contribution in [1.29, 1.82) is 0 Å². The Morgan fingerprint density at radius 1 is 1.19 bits per heavy atom. The van der Waals surface area contributed by atoms with Gasteiger partial charge >= 0.3 is 0 Å². The fourth-order valence-electron chi connectivity index (χ4n) is 2.39. The number of aromatic nitrogens is 2. The molecule has 0 amide bonds. The van der Waals surface area contributed by atoms with Crippen LogP contribution in [-0.2, 0) is 13.1 Å². The predicted octanol–water partition coefficient (Wildman–Crippen LogP) is 5.08. The summed E-state index contributed by atoms with van der Waals surface area (Å²) in [4.78, 5) is 0. The van der Waals surface area contributed by atoms with Gasteiger partial charge in [0.2, 0.25) is 0 Å². The van der Waals surface area contributed by atoms with Crippen LogP contribution in [0.3, 0.4) is 0 Å². The average Bonchev–Trinajstić information content (AvgIpc) is 2.87. The second-order valence-corrected chi connectivity index (χ2v) is 5.93. The van der Waals surface area contributed by atoms with Crippen molar-refractivity contribution in [3.05, 3.63) is 57.7 Å². The van der Waals surface area contributed by atoms with Gasteiger partial charge in [0.1, 0.15) is 0 Å². The van der Waals surface area contributed by atoms with Crippen molar-refractivity contribution in [2.45, 2.75) is 20.0 Å². The van der Waals surface area contributed by atoms with Crippen LogP contribution in [0.2, 0.25) is 5.02 Å². The molecule has 0 bridgehead atoms. The number of para-hydroxylation sites is 1. The molecule has 5 heteroatoms. The Kier molecular flexibility index (Phi) is 4.17. The third-order valence-electron chi connectivity index (χ3n) is 3.43. The van der Waals surface area contributed by atoms with Gasteiger partial charge in [0.25, 0.3) is 0 Å². The molecule has 21 heavy (non-hydrogen) atoms. The quantitative estimate of drug-likeness (QED) is 0.699. The first-order chi connectivity index (χ1) is 10.2. The lowest BCUT2D eigenvalue weighted by Gasteiger charge is -2.08. The van der Waals surface area contributed by atoms with E-state index in [1.165, 1.54) is 10.9 Å². The highest BCUT2D eigenvalue weighted by molar-refractivity contribution is 9.10. The molecular formula is C16H15BrClN3. The van der Waals surface area contributed by atoms with Crippen LogP contribution in [0, 0.1) is 0 Å². The molecule has 0 saturated heterocycles. The molecule has 0 unspecified atom stereocenters. The van der Waals surface area contributed by atoms with Gasteiger partial charge in [0.05, 0.1) is 32.9 Å². The van der Waals surface area contributed by atoms with Crippen LogP contribution in [-0.4, -0.2) is 9.78 Å². The molecule has 0 radical (unpaired) electrons. The number of benzene rings is 2. The molecule has 3 rings (SSSR count). The van der Waals surface area contributed by atoms with Gasteiger partial charge < -0.3 is 5.32 Å². The Hall–Kier alpha value is -1.52. The van der Waals surface area contributed by atoms with E-state index in [0.29, 0.717) is 11.6 Å². The molecule has 3 nitrogen and oxygen atoms in total. The molecule has 1 aromatic heterocycles. The minimum Gasteiger partial charge on any atom is -0.378 e. The van der Waals surface area contributed by atoms with Gasteiger partial charge in [-0.2, -0.15) is 5.10 Å². The van der Waals surface area contributed by atoms with Crippen molar-refractivity contribution in [2.24, 2.45) is 0 Å². The van der Waals surface area contributed by atoms with Gasteiger partial charge in [-0.25, -0.2) is 0 Å². The van der Waals surface area contributed by atoms with Crippen LogP contribution in [0.1, 0.15) is 12.6 Å². The standard InChI is InChI=1S/C16H15BrClN3/c1-2-21-15-9-4-3-6-11(15)14(20-21)10-19-13-8-5-7-12(18)16(13)17/h3-9,19H,2,10H2,1H3. The average molecular weight is 365 g/mol. The normalized spacial score (nSPS) is 11.0. The molecule has 1 heterocycles. The summed E-state index contributed by atoms with van der Waals surface area (Å²) in [6.07, 6.45) is 0. The van der Waals surface area contributed by atoms with E-state index in [1.807, 2.05) is 35.0 Å². The van der Waals surface area contributed by atoms with Crippen LogP contribution >= 0.6 is 27.5 Å². The number of fused-ring (bicyclic) bond motifs is 1. The van der Waals surface area contributed by atoms with Crippen LogP contribution in [0.4, 0.5) is 5.69 Å². The second kappa shape index (κ2) is 6.08. The van der Waals surface area contributed by atoms with E-state index < -0.39 is 0 Å². The molecule has 0 aliphatic carbocycles. The summed E-state index contributed by atoms with van der Waals surface area (Å²) in [5.41, 5.74) is 3.18. The third-order valence-corrected chi connectivity index (χ3v) is 4.83. The highest BCUT2D eigenvalue weighted by Gasteiger charge is 2.10. The SMILES string of the molecule is CCn1nc(CNc2cccc(Cl)c2Br)c2ccccc21. The molecule has 3 aromatic rings. The molecule has 0 aliphatic rings. The molecule has 2 aromatic carbocycles. The Morgan fingerprint density at radius 2 is 2.00 bits per heavy atom. The Labute approximate surface area is 137 Å². The lowest BCUT2D eigenvalue weighted by atomic mass is 10.2. The zero-order valence-corrected chi connectivity index (χ0v) is 13.9. The summed E-state index contributed by atoms with van der Waals surface area (Å²) in [5, 5.41) is 9.96. The number of aryl methyl sites for hydroxylation is 1. The molecule has 0 saturated carbocycles. The van der Waals surface area contributed by atoms with Gasteiger partial charge in [-0.1, -0.05) is 35.9 Å². The van der Waals surface area contributed by atoms with E-state index >= 15 is 0 Å². The summed E-state index contributed by atoms with van der Waals surface area (Å²) in [6.45, 7) is 3.62. The highest BCUT2D eigenvalue weighted by Crippen LogP contribution is 2.30. The highest BCUT2D eigenvalue weighted by atomic mass is 79.9. The maximum absolute atomic E-state index is 6.11. The van der Waals surface area contributed by atoms with Crippen molar-refractivity contribution in [3.63, 3.8) is 0 Å². The predicted molar refractivity (Wildman–Crippen MR) is 91.9 cm³/mol. The lowest BCUT2D eigenvalue weighted by Crippen LogP contribution is -2.03. The first kappa shape index (κ1) is 14.4. The van der Waals surface area contributed by atoms with Gasteiger partial charge in [0.15, 0.2) is 0 Å². The van der Waals surface area contributed by atoms with Gasteiger partial charge in [-0.3, -0.25) is 4.68 Å². The summed E-state index contributed by atoms with van der Waals surface area (Å²) < 4.78 is 2.91. The van der Waals surface area contributed by atoms with E-state index in [1.54, 1.807) is 0 Å². The van der Waals surface area contributed by atoms with Gasteiger partial charge in [0, 0.05) is 11.9 Å².